The van der Waals surface area contributed by atoms with Crippen LogP contribution in [0, 0.1) is 6.92 Å². The molecule has 2 aliphatic heterocycles. The lowest BCUT2D eigenvalue weighted by Crippen LogP contribution is -2.35. The summed E-state index contributed by atoms with van der Waals surface area (Å²) in [5.41, 5.74) is 3.03. The molecule has 32 heavy (non-hydrogen) atoms. The third-order valence-corrected chi connectivity index (χ3v) is 6.43. The number of fused-ring (bicyclic) bond motifs is 1. The van der Waals surface area contributed by atoms with E-state index in [9.17, 15) is 4.79 Å². The van der Waals surface area contributed by atoms with Crippen molar-refractivity contribution in [3.63, 3.8) is 0 Å². The number of carbonyl (C=O) groups is 1. The van der Waals surface area contributed by atoms with Crippen LogP contribution in [0.15, 0.2) is 42.5 Å². The first-order valence-electron chi connectivity index (χ1n) is 11.0. The molecule has 3 aromatic rings. The predicted octanol–water partition coefficient (Wildman–Crippen LogP) is 4.98. The molecule has 8 heteroatoms. The van der Waals surface area contributed by atoms with Crippen LogP contribution in [0.2, 0.25) is 5.02 Å². The van der Waals surface area contributed by atoms with Gasteiger partial charge in [0, 0.05) is 23.7 Å². The lowest BCUT2D eigenvalue weighted by atomic mass is 10.1. The molecule has 2 aromatic carbocycles. The molecule has 0 aliphatic carbocycles. The number of anilines is 1. The van der Waals surface area contributed by atoms with Crippen molar-refractivity contribution >= 4 is 23.3 Å². The first-order chi connectivity index (χ1) is 15.5. The molecular weight excluding hydrogens is 426 g/mol. The molecule has 0 spiro atoms. The van der Waals surface area contributed by atoms with Gasteiger partial charge >= 0.3 is 6.03 Å². The zero-order valence-corrected chi connectivity index (χ0v) is 19.0. The van der Waals surface area contributed by atoms with Crippen molar-refractivity contribution in [2.24, 2.45) is 0 Å². The Kier molecular flexibility index (Phi) is 5.51. The Morgan fingerprint density at radius 2 is 2.03 bits per heavy atom. The minimum atomic E-state index is -0.113. The van der Waals surface area contributed by atoms with Gasteiger partial charge in [0.25, 0.3) is 0 Å². The molecule has 0 bridgehead atoms. The molecule has 166 valence electrons. The predicted molar refractivity (Wildman–Crippen MR) is 123 cm³/mol. The molecule has 0 saturated carbocycles. The van der Waals surface area contributed by atoms with Gasteiger partial charge in [-0.1, -0.05) is 23.7 Å². The smallest absolute Gasteiger partial charge is 0.322 e. The van der Waals surface area contributed by atoms with Crippen molar-refractivity contribution in [2.45, 2.75) is 51.8 Å². The summed E-state index contributed by atoms with van der Waals surface area (Å²) in [6.45, 7) is 5.32. The third-order valence-electron chi connectivity index (χ3n) is 6.18. The van der Waals surface area contributed by atoms with Crippen LogP contribution in [0.25, 0.3) is 0 Å². The highest BCUT2D eigenvalue weighted by atomic mass is 35.5. The number of nitrogens with one attached hydrogen (secondary N) is 1. The average Bonchev–Trinajstić information content (AvgIpc) is 3.48. The highest BCUT2D eigenvalue weighted by Crippen LogP contribution is 2.34. The van der Waals surface area contributed by atoms with Crippen LogP contribution in [0.5, 0.6) is 5.75 Å². The molecule has 1 unspecified atom stereocenters. The number of aromatic nitrogens is 3. The molecule has 3 heterocycles. The number of nitrogens with zero attached hydrogens (tertiary/aromatic N) is 4. The standard InChI is InChI=1S/C24H26ClN5O2/c1-15-12-18-13-20(9-10-22(18)32-15)26-24(31)29-11-3-4-21(29)23-28-27-16(2)30(23)14-17-5-7-19(25)8-6-17/h5-10,13,15,21H,3-4,11-12,14H2,1-2H3,(H,26,31)/t15?,21-/m1/s1. The molecule has 0 radical (unpaired) electrons. The number of benzene rings is 2. The minimum absolute atomic E-state index is 0.110. The molecule has 5 rings (SSSR count). The number of amides is 2. The van der Waals surface area contributed by atoms with Crippen molar-refractivity contribution in [1.82, 2.24) is 19.7 Å². The molecule has 1 saturated heterocycles. The van der Waals surface area contributed by atoms with Crippen LogP contribution in [-0.4, -0.2) is 38.3 Å². The quantitative estimate of drug-likeness (QED) is 0.607. The fraction of sp³-hybridized carbons (Fsp3) is 0.375. The first-order valence-corrected chi connectivity index (χ1v) is 11.4. The van der Waals surface area contributed by atoms with E-state index in [1.165, 1.54) is 0 Å². The fourth-order valence-electron chi connectivity index (χ4n) is 4.58. The van der Waals surface area contributed by atoms with Crippen molar-refractivity contribution in [2.75, 3.05) is 11.9 Å². The van der Waals surface area contributed by atoms with E-state index in [2.05, 4.69) is 27.0 Å². The van der Waals surface area contributed by atoms with E-state index < -0.39 is 0 Å². The van der Waals surface area contributed by atoms with Crippen LogP contribution in [0.1, 0.15) is 48.6 Å². The normalized spacial score (nSPS) is 19.7. The largest absolute Gasteiger partial charge is 0.490 e. The Morgan fingerprint density at radius 3 is 2.84 bits per heavy atom. The lowest BCUT2D eigenvalue weighted by molar-refractivity contribution is 0.204. The van der Waals surface area contributed by atoms with Crippen LogP contribution in [-0.2, 0) is 13.0 Å². The molecule has 2 aliphatic rings. The van der Waals surface area contributed by atoms with Crippen molar-refractivity contribution in [3.05, 3.63) is 70.3 Å². The second-order valence-corrected chi connectivity index (χ2v) is 8.99. The Labute approximate surface area is 192 Å². The SMILES string of the molecule is Cc1nnc([C@H]2CCCN2C(=O)Nc2ccc3c(c2)CC(C)O3)n1Cc1ccc(Cl)cc1. The summed E-state index contributed by atoms with van der Waals surface area (Å²) < 4.78 is 7.85. The summed E-state index contributed by atoms with van der Waals surface area (Å²) >= 11 is 6.03. The van der Waals surface area contributed by atoms with Crippen molar-refractivity contribution in [1.29, 1.82) is 0 Å². The van der Waals surface area contributed by atoms with E-state index in [4.69, 9.17) is 16.3 Å². The van der Waals surface area contributed by atoms with E-state index in [1.54, 1.807) is 0 Å². The highest BCUT2D eigenvalue weighted by Gasteiger charge is 2.34. The van der Waals surface area contributed by atoms with Gasteiger partial charge in [-0.3, -0.25) is 0 Å². The number of hydrogen-bond donors (Lipinski definition) is 1. The van der Waals surface area contributed by atoms with Gasteiger partial charge < -0.3 is 19.5 Å². The van der Waals surface area contributed by atoms with E-state index >= 15 is 0 Å². The second kappa shape index (κ2) is 8.47. The fourth-order valence-corrected chi connectivity index (χ4v) is 4.71. The van der Waals surface area contributed by atoms with Crippen LogP contribution in [0.4, 0.5) is 10.5 Å². The monoisotopic (exact) mass is 451 g/mol. The summed E-state index contributed by atoms with van der Waals surface area (Å²) in [6.07, 6.45) is 2.83. The van der Waals surface area contributed by atoms with Gasteiger partial charge in [0.05, 0.1) is 12.6 Å². The number of urea groups is 1. The molecular formula is C24H26ClN5O2. The van der Waals surface area contributed by atoms with E-state index in [0.717, 1.165) is 53.5 Å². The molecule has 1 fully saturated rings. The first kappa shape index (κ1) is 20.8. The van der Waals surface area contributed by atoms with Gasteiger partial charge in [0.1, 0.15) is 17.7 Å². The Balaban J connectivity index is 1.34. The van der Waals surface area contributed by atoms with Crippen LogP contribution < -0.4 is 10.1 Å². The highest BCUT2D eigenvalue weighted by molar-refractivity contribution is 6.30. The summed E-state index contributed by atoms with van der Waals surface area (Å²) in [5, 5.41) is 12.5. The summed E-state index contributed by atoms with van der Waals surface area (Å²) in [6, 6.07) is 13.4. The third kappa shape index (κ3) is 4.05. The van der Waals surface area contributed by atoms with Gasteiger partial charge in [-0.2, -0.15) is 0 Å². The molecule has 2 amide bonds. The topological polar surface area (TPSA) is 72.3 Å². The van der Waals surface area contributed by atoms with Gasteiger partial charge in [-0.05, 0) is 68.1 Å². The maximum atomic E-state index is 13.2. The maximum Gasteiger partial charge on any atom is 0.322 e. The lowest BCUT2D eigenvalue weighted by Gasteiger charge is -2.25. The van der Waals surface area contributed by atoms with Gasteiger partial charge in [0.15, 0.2) is 5.82 Å². The van der Waals surface area contributed by atoms with Crippen molar-refractivity contribution in [3.8, 4) is 5.75 Å². The number of ether oxygens (including phenoxy) is 1. The molecule has 1 aromatic heterocycles. The number of rotatable bonds is 4. The van der Waals surface area contributed by atoms with E-state index in [-0.39, 0.29) is 18.2 Å². The van der Waals surface area contributed by atoms with Gasteiger partial charge in [0.2, 0.25) is 0 Å². The summed E-state index contributed by atoms with van der Waals surface area (Å²) in [7, 11) is 0. The van der Waals surface area contributed by atoms with Crippen LogP contribution in [0.3, 0.4) is 0 Å². The Hall–Kier alpha value is -3.06. The number of hydrogen-bond acceptors (Lipinski definition) is 4. The number of carbonyl (C=O) groups excluding carboxylic acids is 1. The van der Waals surface area contributed by atoms with Crippen LogP contribution >= 0.6 is 11.6 Å². The molecule has 1 N–H and O–H groups in total. The second-order valence-electron chi connectivity index (χ2n) is 8.55. The van der Waals surface area contributed by atoms with Gasteiger partial charge in [-0.15, -0.1) is 10.2 Å². The zero-order valence-electron chi connectivity index (χ0n) is 18.2. The molecule has 7 nitrogen and oxygen atoms in total. The van der Waals surface area contributed by atoms with E-state index in [1.807, 2.05) is 54.3 Å². The number of aryl methyl sites for hydroxylation is 1. The van der Waals surface area contributed by atoms with Crippen molar-refractivity contribution < 1.29 is 9.53 Å². The summed E-state index contributed by atoms with van der Waals surface area (Å²) in [4.78, 5) is 15.1. The summed E-state index contributed by atoms with van der Waals surface area (Å²) in [5.74, 6) is 2.55. The maximum absolute atomic E-state index is 13.2. The number of likely N-dealkylation sites (tertiary alicyclic amines) is 1. The average molecular weight is 452 g/mol. The zero-order chi connectivity index (χ0) is 22.2. The molecule has 2 atom stereocenters. The van der Waals surface area contributed by atoms with E-state index in [0.29, 0.717) is 18.1 Å². The Morgan fingerprint density at radius 1 is 1.22 bits per heavy atom. The Bertz CT molecular complexity index is 1140. The minimum Gasteiger partial charge on any atom is -0.490 e. The number of halogens is 1. The van der Waals surface area contributed by atoms with Gasteiger partial charge in [-0.25, -0.2) is 4.79 Å².